The minimum atomic E-state index is -4.76. The van der Waals surface area contributed by atoms with Crippen molar-refractivity contribution in [1.29, 1.82) is 0 Å². The van der Waals surface area contributed by atoms with Crippen LogP contribution in [0.25, 0.3) is 12.2 Å². The summed E-state index contributed by atoms with van der Waals surface area (Å²) < 4.78 is 58.4. The molecule has 3 rings (SSSR count). The second kappa shape index (κ2) is 27.3. The molecule has 0 saturated heterocycles. The molecule has 0 bridgehead atoms. The molecule has 294 valence electrons. The predicted octanol–water partition coefficient (Wildman–Crippen LogP) is -1.29. The van der Waals surface area contributed by atoms with E-state index in [9.17, 15) is 28.6 Å². The first-order valence-corrected chi connectivity index (χ1v) is 17.9. The van der Waals surface area contributed by atoms with Gasteiger partial charge >= 0.3 is 41.5 Å². The van der Waals surface area contributed by atoms with Crippen molar-refractivity contribution in [3.63, 3.8) is 0 Å². The molecule has 2 unspecified atom stereocenters. The Morgan fingerprint density at radius 1 is 0.927 bits per heavy atom. The first-order valence-electron chi connectivity index (χ1n) is 16.5. The molecule has 0 radical (unpaired) electrons. The maximum Gasteiger partial charge on any atom is 1.00 e. The number of hydrogen-bond acceptors (Lipinski definition) is 19. The third-order valence-electron chi connectivity index (χ3n) is 6.74. The van der Waals surface area contributed by atoms with Gasteiger partial charge in [0.05, 0.1) is 45.4 Å². The molecule has 55 heavy (non-hydrogen) atoms. The van der Waals surface area contributed by atoms with Gasteiger partial charge in [-0.3, -0.25) is 23.7 Å². The first kappa shape index (κ1) is 46.9. The zero-order valence-corrected chi connectivity index (χ0v) is 33.3. The minimum Gasteiger partial charge on any atom is -0.756 e. The van der Waals surface area contributed by atoms with E-state index in [4.69, 9.17) is 23.7 Å². The molecule has 2 aromatic heterocycles. The fourth-order valence-electron chi connectivity index (χ4n) is 4.14. The molecule has 22 heteroatoms. The number of carbonyl (C=O) groups is 4. The van der Waals surface area contributed by atoms with Gasteiger partial charge in [-0.1, -0.05) is 17.4 Å². The molecule has 2 heterocycles. The van der Waals surface area contributed by atoms with Gasteiger partial charge in [-0.25, -0.2) is 14.6 Å². The van der Waals surface area contributed by atoms with Gasteiger partial charge in [0.25, 0.3) is 20.8 Å². The third kappa shape index (κ3) is 20.3. The molecule has 3 aromatic rings. The Hall–Kier alpha value is -4.27. The summed E-state index contributed by atoms with van der Waals surface area (Å²) in [4.78, 5) is 64.4. The standard InChI is InChI=1S/C33H42N5O15P.Na/c1-45-31-18-26(6-8-27-10-11-34-23-35-27)7-9-30(31)48-15-12-38-19-28(36-37-38)20-50-33(42)4-2-13-46-16-17-49-32(41)5-3-14-52-54(43,44)53-22-29(51-25-40)21-47-24-39;/h6-11,18-19,23-25,29H,2-5,12-17,20-22H2,1H3,(H,43,44);/q;+1/p-1/b8-6+;. The molecular weight excluding hydrogens is 760 g/mol. The van der Waals surface area contributed by atoms with Crippen molar-refractivity contribution in [2.24, 2.45) is 0 Å². The zero-order valence-electron chi connectivity index (χ0n) is 30.4. The average molecular weight is 802 g/mol. The molecule has 0 saturated carbocycles. The number of hydrogen-bond donors (Lipinski definition) is 0. The number of esters is 2. The van der Waals surface area contributed by atoms with E-state index in [0.717, 1.165) is 11.3 Å². The number of rotatable bonds is 29. The number of phosphoric ester groups is 1. The topological polar surface area (TPSA) is 248 Å². The van der Waals surface area contributed by atoms with Crippen molar-refractivity contribution < 1.29 is 100 Å². The zero-order chi connectivity index (χ0) is 38.9. The molecule has 1 aromatic carbocycles. The van der Waals surface area contributed by atoms with Crippen molar-refractivity contribution in [2.45, 2.75) is 44.9 Å². The van der Waals surface area contributed by atoms with Crippen LogP contribution in [0.1, 0.15) is 42.6 Å². The average Bonchev–Trinajstić information content (AvgIpc) is 3.64. The van der Waals surface area contributed by atoms with Crippen molar-refractivity contribution in [3.8, 4) is 11.5 Å². The van der Waals surface area contributed by atoms with Crippen LogP contribution in [-0.4, -0.2) is 109 Å². The summed E-state index contributed by atoms with van der Waals surface area (Å²) >= 11 is 0. The summed E-state index contributed by atoms with van der Waals surface area (Å²) in [6.45, 7) is -0.342. The second-order valence-corrected chi connectivity index (χ2v) is 12.2. The van der Waals surface area contributed by atoms with Crippen LogP contribution in [-0.2, 0) is 69.6 Å². The van der Waals surface area contributed by atoms with Gasteiger partial charge in [0, 0.05) is 25.6 Å². The maximum atomic E-state index is 12.1. The number of nitrogens with zero attached hydrogens (tertiary/aromatic N) is 5. The van der Waals surface area contributed by atoms with Gasteiger partial charge in [0.15, 0.2) is 17.6 Å². The predicted molar refractivity (Wildman–Crippen MR) is 182 cm³/mol. The summed E-state index contributed by atoms with van der Waals surface area (Å²) in [7, 11) is -3.20. The van der Waals surface area contributed by atoms with Crippen molar-refractivity contribution in [3.05, 3.63) is 59.9 Å². The van der Waals surface area contributed by atoms with Gasteiger partial charge in [-0.05, 0) is 42.7 Å². The van der Waals surface area contributed by atoms with Crippen molar-refractivity contribution in [2.75, 3.05) is 53.4 Å². The molecule has 0 spiro atoms. The van der Waals surface area contributed by atoms with Crippen LogP contribution in [0.3, 0.4) is 0 Å². The van der Waals surface area contributed by atoms with E-state index in [1.54, 1.807) is 30.3 Å². The van der Waals surface area contributed by atoms with Crippen LogP contribution in [0.15, 0.2) is 43.0 Å². The normalized spacial score (nSPS) is 12.5. The molecule has 0 aliphatic carbocycles. The Balaban J connectivity index is 0.0000105. The van der Waals surface area contributed by atoms with Gasteiger partial charge in [0.1, 0.15) is 38.4 Å². The van der Waals surface area contributed by atoms with E-state index in [1.165, 1.54) is 6.33 Å². The van der Waals surface area contributed by atoms with Crippen LogP contribution in [0.4, 0.5) is 0 Å². The monoisotopic (exact) mass is 801 g/mol. The number of benzene rings is 1. The smallest absolute Gasteiger partial charge is 0.756 e. The summed E-state index contributed by atoms with van der Waals surface area (Å²) in [6.07, 6.45) is 7.80. The van der Waals surface area contributed by atoms with Crippen LogP contribution in [0, 0.1) is 0 Å². The molecule has 0 N–H and O–H groups in total. The van der Waals surface area contributed by atoms with Gasteiger partial charge in [-0.2, -0.15) is 0 Å². The van der Waals surface area contributed by atoms with Crippen LogP contribution < -0.4 is 43.9 Å². The Bertz CT molecular complexity index is 1670. The van der Waals surface area contributed by atoms with Crippen LogP contribution >= 0.6 is 7.82 Å². The van der Waals surface area contributed by atoms with E-state index in [2.05, 4.69) is 38.8 Å². The number of ether oxygens (including phenoxy) is 7. The third-order valence-corrected chi connectivity index (χ3v) is 7.70. The SMILES string of the molecule is COc1cc(/C=C/c2ccncn2)ccc1OCCn1cc(COC(=O)CCCOCCOC(=O)CCCOP(=O)([O-])OCC(COC=O)OC=O)nn1.[Na+]. The molecular formula is C33H41N5NaO15P. The molecule has 0 aliphatic heterocycles. The molecule has 2 atom stereocenters. The van der Waals surface area contributed by atoms with E-state index >= 15 is 0 Å². The number of carbonyl (C=O) groups excluding carboxylic acids is 4. The van der Waals surface area contributed by atoms with Gasteiger partial charge in [-0.15, -0.1) is 5.10 Å². The van der Waals surface area contributed by atoms with Crippen LogP contribution in [0.5, 0.6) is 11.5 Å². The Labute approximate surface area is 338 Å². The maximum absolute atomic E-state index is 12.1. The molecule has 20 nitrogen and oxygen atoms in total. The Morgan fingerprint density at radius 3 is 2.47 bits per heavy atom. The summed E-state index contributed by atoms with van der Waals surface area (Å²) in [5.74, 6) is 0.0977. The summed E-state index contributed by atoms with van der Waals surface area (Å²) in [5, 5.41) is 8.05. The Kier molecular flexibility index (Phi) is 23.3. The van der Waals surface area contributed by atoms with Gasteiger partial charge in [0.2, 0.25) is 0 Å². The summed E-state index contributed by atoms with van der Waals surface area (Å²) in [5.41, 5.74) is 2.16. The van der Waals surface area contributed by atoms with E-state index < -0.39 is 39.1 Å². The van der Waals surface area contributed by atoms with E-state index in [0.29, 0.717) is 30.2 Å². The largest absolute Gasteiger partial charge is 1.00 e. The fourth-order valence-corrected chi connectivity index (χ4v) is 4.92. The fraction of sp³-hybridized carbons (Fsp3) is 0.455. The molecule has 0 amide bonds. The Morgan fingerprint density at radius 2 is 1.73 bits per heavy atom. The first-order chi connectivity index (χ1) is 26.2. The second-order valence-electron chi connectivity index (χ2n) is 10.8. The molecule has 0 aliphatic rings. The summed E-state index contributed by atoms with van der Waals surface area (Å²) in [6, 6.07) is 7.37. The van der Waals surface area contributed by atoms with Gasteiger partial charge < -0.3 is 47.1 Å². The van der Waals surface area contributed by atoms with Crippen molar-refractivity contribution >= 4 is 44.9 Å². The number of phosphoric acid groups is 1. The number of aromatic nitrogens is 5. The quantitative estimate of drug-likeness (QED) is 0.0198. The van der Waals surface area contributed by atoms with Crippen LogP contribution in [0.2, 0.25) is 0 Å². The minimum absolute atomic E-state index is 0. The number of methoxy groups -OCH3 is 1. The molecule has 0 fully saturated rings. The van der Waals surface area contributed by atoms with E-state index in [1.807, 2.05) is 30.4 Å². The van der Waals surface area contributed by atoms with E-state index in [-0.39, 0.29) is 101 Å². The van der Waals surface area contributed by atoms with Crippen molar-refractivity contribution in [1.82, 2.24) is 25.0 Å².